The first-order valence-electron chi connectivity index (χ1n) is 6.19. The molecule has 20 heavy (non-hydrogen) atoms. The van der Waals surface area contributed by atoms with Crippen molar-refractivity contribution in [3.63, 3.8) is 0 Å². The smallest absolute Gasteiger partial charge is 0.240 e. The second-order valence-electron chi connectivity index (χ2n) is 4.99. The minimum Gasteiger partial charge on any atom is -0.375 e. The van der Waals surface area contributed by atoms with E-state index < -0.39 is 11.4 Å². The summed E-state index contributed by atoms with van der Waals surface area (Å²) in [5, 5.41) is 14.8. The Morgan fingerprint density at radius 1 is 1.55 bits per heavy atom. The third kappa shape index (κ3) is 4.10. The van der Waals surface area contributed by atoms with Crippen molar-refractivity contribution < 1.29 is 9.18 Å². The molecule has 1 atom stereocenters. The lowest BCUT2D eigenvalue weighted by Gasteiger charge is -2.27. The van der Waals surface area contributed by atoms with E-state index in [1.165, 1.54) is 12.1 Å². The van der Waals surface area contributed by atoms with Gasteiger partial charge in [-0.1, -0.05) is 25.4 Å². The van der Waals surface area contributed by atoms with E-state index in [4.69, 9.17) is 16.9 Å². The topological polar surface area (TPSA) is 64.9 Å². The van der Waals surface area contributed by atoms with E-state index in [2.05, 4.69) is 16.7 Å². The molecule has 0 aromatic heterocycles. The summed E-state index contributed by atoms with van der Waals surface area (Å²) in [5.41, 5.74) is -0.461. The Bertz CT molecular complexity index is 542. The van der Waals surface area contributed by atoms with Crippen LogP contribution >= 0.6 is 11.6 Å². The maximum Gasteiger partial charge on any atom is 0.240 e. The van der Waals surface area contributed by atoms with Gasteiger partial charge < -0.3 is 10.6 Å². The summed E-state index contributed by atoms with van der Waals surface area (Å²) in [6.45, 7) is 5.33. The number of carbonyl (C=O) groups is 1. The van der Waals surface area contributed by atoms with Crippen LogP contribution in [0, 0.1) is 23.1 Å². The summed E-state index contributed by atoms with van der Waals surface area (Å²) in [6, 6.07) is 5.96. The van der Waals surface area contributed by atoms with Gasteiger partial charge in [-0.2, -0.15) is 5.26 Å². The standard InChI is InChI=1S/C14H17ClFN3O/c1-9(2)14(3,8-17)19-13(20)7-18-12-5-4-10(16)6-11(12)15/h4-6,9,18H,7H2,1-3H3,(H,19,20)/t14-/m0/s1. The average molecular weight is 298 g/mol. The summed E-state index contributed by atoms with van der Waals surface area (Å²) < 4.78 is 12.9. The summed E-state index contributed by atoms with van der Waals surface area (Å²) in [6.07, 6.45) is 0. The molecular weight excluding hydrogens is 281 g/mol. The second-order valence-corrected chi connectivity index (χ2v) is 5.40. The molecule has 0 saturated carbocycles. The van der Waals surface area contributed by atoms with Crippen molar-refractivity contribution in [1.82, 2.24) is 5.32 Å². The van der Waals surface area contributed by atoms with Crippen LogP contribution in [0.1, 0.15) is 20.8 Å². The van der Waals surface area contributed by atoms with Crippen molar-refractivity contribution >= 4 is 23.2 Å². The Hall–Kier alpha value is -1.80. The highest BCUT2D eigenvalue weighted by molar-refractivity contribution is 6.33. The van der Waals surface area contributed by atoms with E-state index in [0.717, 1.165) is 6.07 Å². The van der Waals surface area contributed by atoms with Gasteiger partial charge in [0, 0.05) is 0 Å². The molecule has 0 aliphatic heterocycles. The monoisotopic (exact) mass is 297 g/mol. The molecule has 6 heteroatoms. The highest BCUT2D eigenvalue weighted by Crippen LogP contribution is 2.22. The molecule has 108 valence electrons. The van der Waals surface area contributed by atoms with E-state index in [0.29, 0.717) is 5.69 Å². The highest BCUT2D eigenvalue weighted by atomic mass is 35.5. The Kier molecular flexibility index (Phi) is 5.34. The van der Waals surface area contributed by atoms with E-state index >= 15 is 0 Å². The summed E-state index contributed by atoms with van der Waals surface area (Å²) in [5.74, 6) is -0.795. The molecule has 0 bridgehead atoms. The van der Waals surface area contributed by atoms with Crippen LogP contribution in [0.4, 0.5) is 10.1 Å². The van der Waals surface area contributed by atoms with Gasteiger partial charge in [-0.3, -0.25) is 4.79 Å². The third-order valence-electron chi connectivity index (χ3n) is 3.16. The first-order chi connectivity index (χ1) is 9.28. The summed E-state index contributed by atoms with van der Waals surface area (Å²) >= 11 is 5.84. The van der Waals surface area contributed by atoms with Crippen molar-refractivity contribution in [2.75, 3.05) is 11.9 Å². The Labute approximate surface area is 122 Å². The number of nitrogens with one attached hydrogen (secondary N) is 2. The lowest BCUT2D eigenvalue weighted by molar-refractivity contribution is -0.121. The average Bonchev–Trinajstić information content (AvgIpc) is 2.37. The predicted molar refractivity (Wildman–Crippen MR) is 76.9 cm³/mol. The fourth-order valence-corrected chi connectivity index (χ4v) is 1.68. The van der Waals surface area contributed by atoms with E-state index in [-0.39, 0.29) is 23.4 Å². The van der Waals surface area contributed by atoms with E-state index in [1.54, 1.807) is 6.92 Å². The molecule has 0 saturated heterocycles. The van der Waals surface area contributed by atoms with Crippen LogP contribution in [0.5, 0.6) is 0 Å². The van der Waals surface area contributed by atoms with Crippen LogP contribution in [0.2, 0.25) is 5.02 Å². The zero-order valence-corrected chi connectivity index (χ0v) is 12.4. The summed E-state index contributed by atoms with van der Waals surface area (Å²) in [4.78, 5) is 11.8. The van der Waals surface area contributed by atoms with Gasteiger partial charge in [-0.05, 0) is 31.0 Å². The van der Waals surface area contributed by atoms with Gasteiger partial charge in [0.05, 0.1) is 23.3 Å². The molecule has 1 aromatic rings. The van der Waals surface area contributed by atoms with Crippen LogP contribution in [0.3, 0.4) is 0 Å². The quantitative estimate of drug-likeness (QED) is 0.878. The van der Waals surface area contributed by atoms with Gasteiger partial charge >= 0.3 is 0 Å². The SMILES string of the molecule is CC(C)[C@](C)(C#N)NC(=O)CNc1ccc(F)cc1Cl. The fourth-order valence-electron chi connectivity index (χ4n) is 1.44. The normalized spacial score (nSPS) is 13.4. The predicted octanol–water partition coefficient (Wildman–Crippen LogP) is 2.95. The lowest BCUT2D eigenvalue weighted by Crippen LogP contribution is -2.50. The molecule has 4 nitrogen and oxygen atoms in total. The van der Waals surface area contributed by atoms with Crippen LogP contribution in [-0.2, 0) is 4.79 Å². The molecule has 1 aromatic carbocycles. The largest absolute Gasteiger partial charge is 0.375 e. The molecule has 0 aliphatic rings. The van der Waals surface area contributed by atoms with Crippen LogP contribution < -0.4 is 10.6 Å². The van der Waals surface area contributed by atoms with Crippen molar-refractivity contribution in [2.24, 2.45) is 5.92 Å². The minimum atomic E-state index is -0.925. The number of carbonyl (C=O) groups excluding carboxylic acids is 1. The highest BCUT2D eigenvalue weighted by Gasteiger charge is 2.29. The Morgan fingerprint density at radius 2 is 2.20 bits per heavy atom. The van der Waals surface area contributed by atoms with Gasteiger partial charge in [-0.15, -0.1) is 0 Å². The number of halogens is 2. The number of benzene rings is 1. The fraction of sp³-hybridized carbons (Fsp3) is 0.429. The zero-order chi connectivity index (χ0) is 15.3. The number of nitrogens with zero attached hydrogens (tertiary/aromatic N) is 1. The molecule has 0 unspecified atom stereocenters. The number of anilines is 1. The molecule has 0 fully saturated rings. The van der Waals surface area contributed by atoms with Gasteiger partial charge in [0.15, 0.2) is 0 Å². The van der Waals surface area contributed by atoms with Crippen LogP contribution in [0.25, 0.3) is 0 Å². The van der Waals surface area contributed by atoms with Gasteiger partial charge in [-0.25, -0.2) is 4.39 Å². The van der Waals surface area contributed by atoms with Crippen molar-refractivity contribution in [2.45, 2.75) is 26.3 Å². The number of rotatable bonds is 5. The zero-order valence-electron chi connectivity index (χ0n) is 11.6. The van der Waals surface area contributed by atoms with Gasteiger partial charge in [0.25, 0.3) is 0 Å². The molecule has 0 aliphatic carbocycles. The Balaban J connectivity index is 2.62. The number of nitriles is 1. The Morgan fingerprint density at radius 3 is 2.70 bits per heavy atom. The maximum atomic E-state index is 12.9. The van der Waals surface area contributed by atoms with Gasteiger partial charge in [0.2, 0.25) is 5.91 Å². The van der Waals surface area contributed by atoms with Gasteiger partial charge in [0.1, 0.15) is 11.4 Å². The molecule has 1 amide bonds. The van der Waals surface area contributed by atoms with Crippen LogP contribution in [0.15, 0.2) is 18.2 Å². The first kappa shape index (κ1) is 16.3. The maximum absolute atomic E-state index is 12.9. The first-order valence-corrected chi connectivity index (χ1v) is 6.57. The number of amides is 1. The summed E-state index contributed by atoms with van der Waals surface area (Å²) in [7, 11) is 0. The number of hydrogen-bond donors (Lipinski definition) is 2. The lowest BCUT2D eigenvalue weighted by atomic mass is 9.90. The molecule has 1 rings (SSSR count). The molecular formula is C14H17ClFN3O. The van der Waals surface area contributed by atoms with Crippen LogP contribution in [-0.4, -0.2) is 18.0 Å². The van der Waals surface area contributed by atoms with Crippen molar-refractivity contribution in [1.29, 1.82) is 5.26 Å². The minimum absolute atomic E-state index is 0.0224. The molecule has 0 spiro atoms. The van der Waals surface area contributed by atoms with E-state index in [1.807, 2.05) is 13.8 Å². The van der Waals surface area contributed by atoms with Crippen molar-refractivity contribution in [3.8, 4) is 6.07 Å². The molecule has 0 radical (unpaired) electrons. The second kappa shape index (κ2) is 6.58. The van der Waals surface area contributed by atoms with Crippen molar-refractivity contribution in [3.05, 3.63) is 29.0 Å². The van der Waals surface area contributed by atoms with E-state index in [9.17, 15) is 9.18 Å². The molecule has 2 N–H and O–H groups in total. The number of hydrogen-bond acceptors (Lipinski definition) is 3. The third-order valence-corrected chi connectivity index (χ3v) is 3.47. The molecule has 0 heterocycles.